The van der Waals surface area contributed by atoms with E-state index in [1.165, 1.54) is 51.4 Å². The minimum atomic E-state index is 0.544. The summed E-state index contributed by atoms with van der Waals surface area (Å²) >= 11 is 0. The van der Waals surface area contributed by atoms with Gasteiger partial charge in [0.2, 0.25) is 5.95 Å². The summed E-state index contributed by atoms with van der Waals surface area (Å²) in [6, 6.07) is 3.27. The van der Waals surface area contributed by atoms with Crippen LogP contribution < -0.4 is 20.9 Å². The Kier molecular flexibility index (Phi) is 5.02. The molecular formula is C18H30N6. The van der Waals surface area contributed by atoms with Gasteiger partial charge in [0.1, 0.15) is 11.6 Å². The van der Waals surface area contributed by atoms with E-state index in [0.717, 1.165) is 43.8 Å². The zero-order chi connectivity index (χ0) is 16.2. The zero-order valence-electron chi connectivity index (χ0n) is 14.6. The molecule has 0 unspecified atom stereocenters. The summed E-state index contributed by atoms with van der Waals surface area (Å²) in [7, 11) is 0. The Morgan fingerprint density at radius 1 is 0.875 bits per heavy atom. The summed E-state index contributed by atoms with van der Waals surface area (Å²) in [4.78, 5) is 12.0. The molecule has 2 saturated carbocycles. The first-order valence-electron chi connectivity index (χ1n) is 9.75. The maximum absolute atomic E-state index is 4.83. The third kappa shape index (κ3) is 3.91. The lowest BCUT2D eigenvalue weighted by molar-refractivity contribution is 0.584. The molecule has 1 aromatic rings. The highest BCUT2D eigenvalue weighted by molar-refractivity contribution is 5.54. The summed E-state index contributed by atoms with van der Waals surface area (Å²) in [5, 5.41) is 10.6. The van der Waals surface area contributed by atoms with Gasteiger partial charge in [-0.15, -0.1) is 0 Å². The van der Waals surface area contributed by atoms with Crippen molar-refractivity contribution in [1.29, 1.82) is 0 Å². The van der Waals surface area contributed by atoms with Crippen molar-refractivity contribution in [1.82, 2.24) is 15.3 Å². The minimum Gasteiger partial charge on any atom is -0.367 e. The van der Waals surface area contributed by atoms with Crippen molar-refractivity contribution in [3.05, 3.63) is 6.07 Å². The van der Waals surface area contributed by atoms with Crippen LogP contribution in [0.3, 0.4) is 0 Å². The zero-order valence-corrected chi connectivity index (χ0v) is 14.6. The SMILES string of the molecule is c1c(NC2CCCC2)nc(NC2CCCC2)nc1N1CCNCC1. The molecule has 6 nitrogen and oxygen atoms in total. The molecule has 0 aromatic carbocycles. The lowest BCUT2D eigenvalue weighted by atomic mass is 10.2. The molecule has 24 heavy (non-hydrogen) atoms. The number of aromatic nitrogens is 2. The fourth-order valence-corrected chi connectivity index (χ4v) is 4.16. The van der Waals surface area contributed by atoms with Gasteiger partial charge < -0.3 is 20.9 Å². The first kappa shape index (κ1) is 15.9. The smallest absolute Gasteiger partial charge is 0.226 e. The van der Waals surface area contributed by atoms with E-state index in [0.29, 0.717) is 12.1 Å². The predicted octanol–water partition coefficient (Wildman–Crippen LogP) is 2.60. The normalized spacial score (nSPS) is 22.9. The van der Waals surface area contributed by atoms with Crippen molar-refractivity contribution in [2.75, 3.05) is 41.7 Å². The maximum atomic E-state index is 4.83. The molecule has 1 saturated heterocycles. The highest BCUT2D eigenvalue weighted by Gasteiger charge is 2.20. The van der Waals surface area contributed by atoms with E-state index in [9.17, 15) is 0 Å². The van der Waals surface area contributed by atoms with Gasteiger partial charge in [-0.2, -0.15) is 9.97 Å². The molecule has 2 aliphatic carbocycles. The fraction of sp³-hybridized carbons (Fsp3) is 0.778. The topological polar surface area (TPSA) is 65.1 Å². The number of nitrogens with zero attached hydrogens (tertiary/aromatic N) is 3. The summed E-state index contributed by atoms with van der Waals surface area (Å²) in [6.07, 6.45) is 10.3. The van der Waals surface area contributed by atoms with Gasteiger partial charge in [-0.1, -0.05) is 25.7 Å². The highest BCUT2D eigenvalue weighted by Crippen LogP contribution is 2.26. The van der Waals surface area contributed by atoms with Gasteiger partial charge in [0.05, 0.1) is 0 Å². The maximum Gasteiger partial charge on any atom is 0.226 e. The molecule has 0 bridgehead atoms. The van der Waals surface area contributed by atoms with Crippen molar-refractivity contribution in [3.63, 3.8) is 0 Å². The fourth-order valence-electron chi connectivity index (χ4n) is 4.16. The van der Waals surface area contributed by atoms with E-state index in [1.807, 2.05) is 0 Å². The molecule has 6 heteroatoms. The number of anilines is 3. The Bertz CT molecular complexity index is 494. The Morgan fingerprint density at radius 2 is 1.50 bits per heavy atom. The molecule has 0 spiro atoms. The largest absolute Gasteiger partial charge is 0.367 e. The standard InChI is InChI=1S/C18H30N6/c1-2-6-14(5-1)20-16-13-17(24-11-9-19-10-12-24)23-18(22-16)21-15-7-3-4-8-15/h13-15,19H,1-12H2,(H2,20,21,22,23). The summed E-state index contributed by atoms with van der Waals surface area (Å²) in [6.45, 7) is 4.09. The second-order valence-electron chi connectivity index (χ2n) is 7.42. The second-order valence-corrected chi connectivity index (χ2v) is 7.42. The van der Waals surface area contributed by atoms with E-state index in [2.05, 4.69) is 26.9 Å². The molecule has 4 rings (SSSR count). The van der Waals surface area contributed by atoms with Gasteiger partial charge in [0.15, 0.2) is 0 Å². The van der Waals surface area contributed by atoms with Crippen molar-refractivity contribution < 1.29 is 0 Å². The van der Waals surface area contributed by atoms with E-state index in [4.69, 9.17) is 9.97 Å². The molecule has 1 aliphatic heterocycles. The second kappa shape index (κ2) is 7.55. The van der Waals surface area contributed by atoms with Crippen LogP contribution in [0.2, 0.25) is 0 Å². The van der Waals surface area contributed by atoms with Crippen LogP contribution in [0.5, 0.6) is 0 Å². The Hall–Kier alpha value is -1.56. The van der Waals surface area contributed by atoms with Gasteiger partial charge >= 0.3 is 0 Å². The number of hydrogen-bond donors (Lipinski definition) is 3. The van der Waals surface area contributed by atoms with Crippen molar-refractivity contribution >= 4 is 17.6 Å². The molecule has 3 N–H and O–H groups in total. The van der Waals surface area contributed by atoms with Crippen LogP contribution in [0.1, 0.15) is 51.4 Å². The van der Waals surface area contributed by atoms with E-state index < -0.39 is 0 Å². The Balaban J connectivity index is 1.53. The van der Waals surface area contributed by atoms with E-state index >= 15 is 0 Å². The lowest BCUT2D eigenvalue weighted by Gasteiger charge is -2.29. The summed E-state index contributed by atoms with van der Waals surface area (Å²) < 4.78 is 0. The van der Waals surface area contributed by atoms with Crippen LogP contribution in [-0.4, -0.2) is 48.2 Å². The molecule has 2 heterocycles. The van der Waals surface area contributed by atoms with Crippen LogP contribution in [0.4, 0.5) is 17.6 Å². The van der Waals surface area contributed by atoms with Crippen LogP contribution >= 0.6 is 0 Å². The third-order valence-corrected chi connectivity index (χ3v) is 5.55. The van der Waals surface area contributed by atoms with Crippen LogP contribution in [0.15, 0.2) is 6.07 Å². The number of piperazine rings is 1. The van der Waals surface area contributed by atoms with Crippen LogP contribution in [0, 0.1) is 0 Å². The number of rotatable bonds is 5. The predicted molar refractivity (Wildman–Crippen MR) is 98.9 cm³/mol. The van der Waals surface area contributed by atoms with Gasteiger partial charge in [-0.25, -0.2) is 0 Å². The van der Waals surface area contributed by atoms with Gasteiger partial charge in [0, 0.05) is 44.3 Å². The average molecular weight is 330 g/mol. The van der Waals surface area contributed by atoms with Gasteiger partial charge in [0.25, 0.3) is 0 Å². The monoisotopic (exact) mass is 330 g/mol. The minimum absolute atomic E-state index is 0.544. The van der Waals surface area contributed by atoms with Crippen LogP contribution in [-0.2, 0) is 0 Å². The summed E-state index contributed by atoms with van der Waals surface area (Å²) in [5.41, 5.74) is 0. The Morgan fingerprint density at radius 3 is 2.17 bits per heavy atom. The average Bonchev–Trinajstić information content (AvgIpc) is 3.30. The molecular weight excluding hydrogens is 300 g/mol. The molecule has 0 amide bonds. The molecule has 0 radical (unpaired) electrons. The highest BCUT2D eigenvalue weighted by atomic mass is 15.3. The van der Waals surface area contributed by atoms with Gasteiger partial charge in [-0.05, 0) is 25.7 Å². The third-order valence-electron chi connectivity index (χ3n) is 5.55. The lowest BCUT2D eigenvalue weighted by Crippen LogP contribution is -2.44. The summed E-state index contributed by atoms with van der Waals surface area (Å²) in [5.74, 6) is 2.86. The molecule has 3 aliphatic rings. The Labute approximate surface area is 144 Å². The molecule has 3 fully saturated rings. The first-order chi connectivity index (χ1) is 11.9. The molecule has 0 atom stereocenters. The van der Waals surface area contributed by atoms with Crippen molar-refractivity contribution in [3.8, 4) is 0 Å². The van der Waals surface area contributed by atoms with E-state index in [-0.39, 0.29) is 0 Å². The first-order valence-corrected chi connectivity index (χ1v) is 9.75. The van der Waals surface area contributed by atoms with Crippen LogP contribution in [0.25, 0.3) is 0 Å². The molecule has 1 aromatic heterocycles. The molecule has 132 valence electrons. The number of nitrogens with one attached hydrogen (secondary N) is 3. The number of hydrogen-bond acceptors (Lipinski definition) is 6. The van der Waals surface area contributed by atoms with Crippen molar-refractivity contribution in [2.24, 2.45) is 0 Å². The van der Waals surface area contributed by atoms with Gasteiger partial charge in [-0.3, -0.25) is 0 Å². The van der Waals surface area contributed by atoms with E-state index in [1.54, 1.807) is 0 Å². The van der Waals surface area contributed by atoms with Crippen molar-refractivity contribution in [2.45, 2.75) is 63.5 Å². The quantitative estimate of drug-likeness (QED) is 0.771.